The molecule has 0 aromatic heterocycles. The van der Waals surface area contributed by atoms with Crippen molar-refractivity contribution in [3.05, 3.63) is 53.1 Å². The van der Waals surface area contributed by atoms with Crippen LogP contribution in [0.15, 0.2) is 42.5 Å². The van der Waals surface area contributed by atoms with E-state index in [1.807, 2.05) is 0 Å². The molecule has 0 saturated carbocycles. The topological polar surface area (TPSA) is 47.6 Å². The van der Waals surface area contributed by atoms with Gasteiger partial charge in [0.2, 0.25) is 0 Å². The van der Waals surface area contributed by atoms with Gasteiger partial charge in [0.15, 0.2) is 0 Å². The Morgan fingerprint density at radius 3 is 2.50 bits per heavy atom. The van der Waals surface area contributed by atoms with Crippen LogP contribution in [0, 0.1) is 0 Å². The summed E-state index contributed by atoms with van der Waals surface area (Å²) in [4.78, 5) is 12.3. The summed E-state index contributed by atoms with van der Waals surface area (Å²) in [5, 5.41) is 3.22. The Bertz CT molecular complexity index is 628. The van der Waals surface area contributed by atoms with Crippen LogP contribution < -0.4 is 14.8 Å². The number of methoxy groups -OCH3 is 2. The van der Waals surface area contributed by atoms with Gasteiger partial charge in [-0.15, -0.1) is 0 Å². The van der Waals surface area contributed by atoms with Crippen LogP contribution in [-0.4, -0.2) is 20.1 Å². The van der Waals surface area contributed by atoms with E-state index in [2.05, 4.69) is 5.32 Å². The summed E-state index contributed by atoms with van der Waals surface area (Å²) >= 11 is 6.02. The van der Waals surface area contributed by atoms with Crippen molar-refractivity contribution in [3.63, 3.8) is 0 Å². The Morgan fingerprint density at radius 2 is 1.85 bits per heavy atom. The fraction of sp³-hybridized carbons (Fsp3) is 0.133. The number of rotatable bonds is 4. The SMILES string of the molecule is COc1ccc(OC)c(C(=O)Nc2ccccc2Cl)c1. The maximum absolute atomic E-state index is 12.3. The van der Waals surface area contributed by atoms with Crippen molar-refractivity contribution >= 4 is 23.2 Å². The zero-order valence-electron chi connectivity index (χ0n) is 11.1. The standard InChI is InChI=1S/C15H14ClNO3/c1-19-10-7-8-14(20-2)11(9-10)15(18)17-13-6-4-3-5-12(13)16/h3-9H,1-2H3,(H,17,18). The van der Waals surface area contributed by atoms with Crippen LogP contribution in [0.2, 0.25) is 5.02 Å². The van der Waals surface area contributed by atoms with Gasteiger partial charge >= 0.3 is 0 Å². The normalized spacial score (nSPS) is 9.95. The highest BCUT2D eigenvalue weighted by molar-refractivity contribution is 6.33. The largest absolute Gasteiger partial charge is 0.497 e. The van der Waals surface area contributed by atoms with E-state index >= 15 is 0 Å². The lowest BCUT2D eigenvalue weighted by molar-refractivity contribution is 0.102. The molecule has 0 aliphatic heterocycles. The summed E-state index contributed by atoms with van der Waals surface area (Å²) in [6.45, 7) is 0. The van der Waals surface area contributed by atoms with Crippen LogP contribution in [-0.2, 0) is 0 Å². The maximum atomic E-state index is 12.3. The minimum absolute atomic E-state index is 0.311. The predicted molar refractivity (Wildman–Crippen MR) is 79.0 cm³/mol. The molecule has 0 heterocycles. The molecule has 4 nitrogen and oxygen atoms in total. The first-order valence-corrected chi connectivity index (χ1v) is 6.31. The van der Waals surface area contributed by atoms with Crippen LogP contribution in [0.4, 0.5) is 5.69 Å². The van der Waals surface area contributed by atoms with E-state index in [-0.39, 0.29) is 5.91 Å². The lowest BCUT2D eigenvalue weighted by Gasteiger charge is -2.11. The molecule has 0 aliphatic rings. The van der Waals surface area contributed by atoms with Crippen LogP contribution in [0.25, 0.3) is 0 Å². The number of amides is 1. The summed E-state index contributed by atoms with van der Waals surface area (Å²) in [6.07, 6.45) is 0. The number of ether oxygens (including phenoxy) is 2. The number of nitrogens with one attached hydrogen (secondary N) is 1. The summed E-state index contributed by atoms with van der Waals surface area (Å²) in [6, 6.07) is 12.1. The first-order valence-electron chi connectivity index (χ1n) is 5.93. The maximum Gasteiger partial charge on any atom is 0.259 e. The smallest absolute Gasteiger partial charge is 0.259 e. The highest BCUT2D eigenvalue weighted by Gasteiger charge is 2.14. The molecule has 20 heavy (non-hydrogen) atoms. The number of carbonyl (C=O) groups excluding carboxylic acids is 1. The number of carbonyl (C=O) groups is 1. The van der Waals surface area contributed by atoms with Crippen molar-refractivity contribution in [2.24, 2.45) is 0 Å². The lowest BCUT2D eigenvalue weighted by atomic mass is 10.1. The Labute approximate surface area is 122 Å². The van der Waals surface area contributed by atoms with Crippen LogP contribution in [0.1, 0.15) is 10.4 Å². The molecule has 2 rings (SSSR count). The molecule has 5 heteroatoms. The van der Waals surface area contributed by atoms with Gasteiger partial charge in [-0.2, -0.15) is 0 Å². The Morgan fingerprint density at radius 1 is 1.10 bits per heavy atom. The molecule has 0 saturated heterocycles. The Hall–Kier alpha value is -2.20. The summed E-state index contributed by atoms with van der Waals surface area (Å²) < 4.78 is 10.3. The third kappa shape index (κ3) is 3.03. The van der Waals surface area contributed by atoms with E-state index in [0.717, 1.165) is 0 Å². The first-order chi connectivity index (χ1) is 9.65. The molecular formula is C15H14ClNO3. The molecule has 0 fully saturated rings. The number of hydrogen-bond acceptors (Lipinski definition) is 3. The molecule has 104 valence electrons. The van der Waals surface area contributed by atoms with Gasteiger partial charge in [-0.3, -0.25) is 4.79 Å². The Balaban J connectivity index is 2.31. The molecule has 0 radical (unpaired) electrons. The second kappa shape index (κ2) is 6.30. The molecular weight excluding hydrogens is 278 g/mol. The monoisotopic (exact) mass is 291 g/mol. The minimum atomic E-state index is -0.311. The molecule has 2 aromatic carbocycles. The average molecular weight is 292 g/mol. The van der Waals surface area contributed by atoms with Crippen LogP contribution in [0.5, 0.6) is 11.5 Å². The van der Waals surface area contributed by atoms with E-state index < -0.39 is 0 Å². The summed E-state index contributed by atoms with van der Waals surface area (Å²) in [7, 11) is 3.05. The van der Waals surface area contributed by atoms with E-state index in [0.29, 0.717) is 27.8 Å². The van der Waals surface area contributed by atoms with Crippen molar-refractivity contribution in [3.8, 4) is 11.5 Å². The molecule has 0 atom stereocenters. The second-order valence-electron chi connectivity index (χ2n) is 4.00. The van der Waals surface area contributed by atoms with Crippen molar-refractivity contribution < 1.29 is 14.3 Å². The number of anilines is 1. The zero-order valence-corrected chi connectivity index (χ0v) is 11.9. The van der Waals surface area contributed by atoms with Gasteiger partial charge in [-0.05, 0) is 30.3 Å². The minimum Gasteiger partial charge on any atom is -0.497 e. The number of hydrogen-bond donors (Lipinski definition) is 1. The lowest BCUT2D eigenvalue weighted by Crippen LogP contribution is -2.13. The van der Waals surface area contributed by atoms with Gasteiger partial charge in [-0.1, -0.05) is 23.7 Å². The predicted octanol–water partition coefficient (Wildman–Crippen LogP) is 3.61. The van der Waals surface area contributed by atoms with Gasteiger partial charge in [-0.25, -0.2) is 0 Å². The van der Waals surface area contributed by atoms with Gasteiger partial charge in [0.05, 0.1) is 30.5 Å². The fourth-order valence-electron chi connectivity index (χ4n) is 1.74. The molecule has 1 N–H and O–H groups in total. The second-order valence-corrected chi connectivity index (χ2v) is 4.41. The quantitative estimate of drug-likeness (QED) is 0.936. The van der Waals surface area contributed by atoms with Crippen LogP contribution >= 0.6 is 11.6 Å². The van der Waals surface area contributed by atoms with Gasteiger partial charge in [0, 0.05) is 0 Å². The molecule has 0 spiro atoms. The van der Waals surface area contributed by atoms with Crippen molar-refractivity contribution in [2.75, 3.05) is 19.5 Å². The average Bonchev–Trinajstić information content (AvgIpc) is 2.48. The first kappa shape index (κ1) is 14.2. The molecule has 0 unspecified atom stereocenters. The van der Waals surface area contributed by atoms with Gasteiger partial charge < -0.3 is 14.8 Å². The van der Waals surface area contributed by atoms with Gasteiger partial charge in [0.1, 0.15) is 11.5 Å². The van der Waals surface area contributed by atoms with Crippen molar-refractivity contribution in [2.45, 2.75) is 0 Å². The number of para-hydroxylation sites is 1. The highest BCUT2D eigenvalue weighted by atomic mass is 35.5. The van der Waals surface area contributed by atoms with Crippen LogP contribution in [0.3, 0.4) is 0 Å². The van der Waals surface area contributed by atoms with Crippen molar-refractivity contribution in [1.29, 1.82) is 0 Å². The fourth-order valence-corrected chi connectivity index (χ4v) is 1.93. The highest BCUT2D eigenvalue weighted by Crippen LogP contribution is 2.26. The molecule has 1 amide bonds. The van der Waals surface area contributed by atoms with E-state index in [1.54, 1.807) is 42.5 Å². The zero-order chi connectivity index (χ0) is 14.5. The number of benzene rings is 2. The molecule has 2 aromatic rings. The third-order valence-corrected chi connectivity index (χ3v) is 3.10. The summed E-state index contributed by atoms with van der Waals surface area (Å²) in [5.74, 6) is 0.735. The van der Waals surface area contributed by atoms with Gasteiger partial charge in [0.25, 0.3) is 5.91 Å². The van der Waals surface area contributed by atoms with E-state index in [1.165, 1.54) is 14.2 Å². The Kier molecular flexibility index (Phi) is 4.48. The van der Waals surface area contributed by atoms with Crippen molar-refractivity contribution in [1.82, 2.24) is 0 Å². The van der Waals surface area contributed by atoms with E-state index in [9.17, 15) is 4.79 Å². The number of halogens is 1. The summed E-state index contributed by atoms with van der Waals surface area (Å²) in [5.41, 5.74) is 0.927. The molecule has 0 aliphatic carbocycles. The third-order valence-electron chi connectivity index (χ3n) is 2.77. The molecule has 0 bridgehead atoms. The van der Waals surface area contributed by atoms with E-state index in [4.69, 9.17) is 21.1 Å².